The Kier molecular flexibility index (Phi) is 5.82. The van der Waals surface area contributed by atoms with E-state index >= 15 is 0 Å². The van der Waals surface area contributed by atoms with E-state index in [1.54, 1.807) is 13.3 Å². The van der Waals surface area contributed by atoms with Crippen LogP contribution in [-0.2, 0) is 11.3 Å². The van der Waals surface area contributed by atoms with Crippen LogP contribution < -0.4 is 10.1 Å². The fraction of sp³-hybridized carbons (Fsp3) is 0.190. The first-order valence-electron chi connectivity index (χ1n) is 8.99. The van der Waals surface area contributed by atoms with Gasteiger partial charge in [0.2, 0.25) is 5.91 Å². The molecule has 3 aromatic rings. The molecule has 6 nitrogen and oxygen atoms in total. The molecule has 1 atom stereocenters. The monoisotopic (exact) mass is 425 g/mol. The van der Waals surface area contributed by atoms with Crippen molar-refractivity contribution in [2.24, 2.45) is 0 Å². The average Bonchev–Trinajstić information content (AvgIpc) is 3.34. The van der Waals surface area contributed by atoms with Crippen LogP contribution in [0.15, 0.2) is 60.1 Å². The molecular weight excluding hydrogens is 406 g/mol. The highest BCUT2D eigenvalue weighted by atomic mass is 32.2. The van der Waals surface area contributed by atoms with E-state index in [4.69, 9.17) is 4.74 Å². The lowest BCUT2D eigenvalue weighted by Crippen LogP contribution is -2.27. The van der Waals surface area contributed by atoms with Gasteiger partial charge in [-0.15, -0.1) is 23.1 Å². The summed E-state index contributed by atoms with van der Waals surface area (Å²) in [5, 5.41) is 4.96. The maximum atomic E-state index is 13.0. The zero-order valence-corrected chi connectivity index (χ0v) is 17.3. The van der Waals surface area contributed by atoms with Crippen molar-refractivity contribution >= 4 is 40.0 Å². The number of benzene rings is 2. The number of rotatable bonds is 7. The van der Waals surface area contributed by atoms with Crippen molar-refractivity contribution in [1.82, 2.24) is 9.88 Å². The number of thioether (sulfide) groups is 1. The number of thiazole rings is 1. The Balaban J connectivity index is 1.50. The van der Waals surface area contributed by atoms with Crippen LogP contribution in [0.4, 0.5) is 5.13 Å². The Bertz CT molecular complexity index is 1010. The summed E-state index contributed by atoms with van der Waals surface area (Å²) < 4.78 is 5.21. The van der Waals surface area contributed by atoms with Crippen LogP contribution in [0.1, 0.15) is 26.9 Å². The van der Waals surface area contributed by atoms with Crippen molar-refractivity contribution in [2.75, 3.05) is 18.2 Å². The van der Waals surface area contributed by atoms with Gasteiger partial charge in [0.15, 0.2) is 5.13 Å². The van der Waals surface area contributed by atoms with Gasteiger partial charge in [0, 0.05) is 23.7 Å². The van der Waals surface area contributed by atoms with E-state index in [2.05, 4.69) is 10.3 Å². The molecule has 0 bridgehead atoms. The first-order chi connectivity index (χ1) is 14.2. The predicted octanol–water partition coefficient (Wildman–Crippen LogP) is 4.18. The topological polar surface area (TPSA) is 71.5 Å². The van der Waals surface area contributed by atoms with Gasteiger partial charge >= 0.3 is 0 Å². The molecule has 0 fully saturated rings. The molecule has 2 heterocycles. The molecule has 0 aliphatic carbocycles. The van der Waals surface area contributed by atoms with E-state index in [-0.39, 0.29) is 22.9 Å². The summed E-state index contributed by atoms with van der Waals surface area (Å²) in [6.07, 6.45) is 1.65. The third kappa shape index (κ3) is 4.28. The highest BCUT2D eigenvalue weighted by Crippen LogP contribution is 2.42. The molecule has 0 saturated heterocycles. The molecule has 2 aromatic carbocycles. The van der Waals surface area contributed by atoms with Gasteiger partial charge in [-0.25, -0.2) is 4.98 Å². The van der Waals surface area contributed by atoms with Gasteiger partial charge in [-0.05, 0) is 29.3 Å². The molecular formula is C21H19N3O3S2. The number of amides is 2. The zero-order chi connectivity index (χ0) is 20.2. The molecule has 1 unspecified atom stereocenters. The molecule has 148 valence electrons. The van der Waals surface area contributed by atoms with Crippen LogP contribution in [0, 0.1) is 0 Å². The molecule has 4 rings (SSSR count). The second-order valence-electron chi connectivity index (χ2n) is 6.42. The van der Waals surface area contributed by atoms with Gasteiger partial charge in [-0.2, -0.15) is 0 Å². The summed E-state index contributed by atoms with van der Waals surface area (Å²) in [5.74, 6) is 0.848. The number of ether oxygens (including phenoxy) is 1. The van der Waals surface area contributed by atoms with Crippen LogP contribution in [-0.4, -0.2) is 34.6 Å². The third-order valence-corrected chi connectivity index (χ3v) is 6.51. The Morgan fingerprint density at radius 2 is 2.03 bits per heavy atom. The molecule has 8 heteroatoms. The number of carbonyl (C=O) groups excluding carboxylic acids is 2. The van der Waals surface area contributed by atoms with E-state index in [1.807, 2.05) is 58.8 Å². The average molecular weight is 426 g/mol. The standard InChI is InChI=1S/C21H19N3O3S2/c1-27-15-8-6-14(7-9-15)12-24-19(26)16-4-2-3-5-17(16)20(24)29-13-18(25)23-21-22-10-11-28-21/h2-11,20H,12-13H2,1H3,(H,22,23,25). The van der Waals surface area contributed by atoms with E-state index in [1.165, 1.54) is 23.1 Å². The first-order valence-corrected chi connectivity index (χ1v) is 10.9. The Hall–Kier alpha value is -2.84. The number of fused-ring (bicyclic) bond motifs is 1. The summed E-state index contributed by atoms with van der Waals surface area (Å²) in [5.41, 5.74) is 2.64. The summed E-state index contributed by atoms with van der Waals surface area (Å²) >= 11 is 2.82. The van der Waals surface area contributed by atoms with Crippen molar-refractivity contribution in [3.05, 3.63) is 76.8 Å². The van der Waals surface area contributed by atoms with Crippen molar-refractivity contribution in [3.63, 3.8) is 0 Å². The van der Waals surface area contributed by atoms with E-state index in [0.29, 0.717) is 17.2 Å². The van der Waals surface area contributed by atoms with Crippen molar-refractivity contribution < 1.29 is 14.3 Å². The number of hydrogen-bond donors (Lipinski definition) is 1. The van der Waals surface area contributed by atoms with Crippen LogP contribution in [0.25, 0.3) is 0 Å². The summed E-state index contributed by atoms with van der Waals surface area (Å²) in [4.78, 5) is 31.2. The van der Waals surface area contributed by atoms with E-state index in [9.17, 15) is 9.59 Å². The van der Waals surface area contributed by atoms with Gasteiger partial charge < -0.3 is 15.0 Å². The van der Waals surface area contributed by atoms with Gasteiger partial charge in [0.25, 0.3) is 5.91 Å². The molecule has 0 spiro atoms. The molecule has 1 aliphatic rings. The normalized spacial score (nSPS) is 15.3. The van der Waals surface area contributed by atoms with Gasteiger partial charge in [-0.1, -0.05) is 30.3 Å². The largest absolute Gasteiger partial charge is 0.497 e. The molecule has 1 N–H and O–H groups in total. The Morgan fingerprint density at radius 3 is 2.76 bits per heavy atom. The number of carbonyl (C=O) groups is 2. The molecule has 1 aromatic heterocycles. The quantitative estimate of drug-likeness (QED) is 0.615. The van der Waals surface area contributed by atoms with Crippen molar-refractivity contribution in [1.29, 1.82) is 0 Å². The lowest BCUT2D eigenvalue weighted by atomic mass is 10.1. The minimum atomic E-state index is -0.220. The van der Waals surface area contributed by atoms with Crippen LogP contribution in [0.2, 0.25) is 0 Å². The van der Waals surface area contributed by atoms with Crippen LogP contribution >= 0.6 is 23.1 Å². The van der Waals surface area contributed by atoms with Gasteiger partial charge in [-0.3, -0.25) is 9.59 Å². The molecule has 0 radical (unpaired) electrons. The lowest BCUT2D eigenvalue weighted by Gasteiger charge is -2.25. The lowest BCUT2D eigenvalue weighted by molar-refractivity contribution is -0.113. The van der Waals surface area contributed by atoms with E-state index in [0.717, 1.165) is 16.9 Å². The van der Waals surface area contributed by atoms with Gasteiger partial charge in [0.05, 0.1) is 12.9 Å². The van der Waals surface area contributed by atoms with Crippen LogP contribution in [0.3, 0.4) is 0 Å². The zero-order valence-electron chi connectivity index (χ0n) is 15.7. The predicted molar refractivity (Wildman–Crippen MR) is 115 cm³/mol. The Morgan fingerprint density at radius 1 is 1.24 bits per heavy atom. The van der Waals surface area contributed by atoms with E-state index < -0.39 is 0 Å². The Labute approximate surface area is 176 Å². The molecule has 2 amide bonds. The number of nitrogens with one attached hydrogen (secondary N) is 1. The summed E-state index contributed by atoms with van der Waals surface area (Å²) in [6, 6.07) is 15.3. The fourth-order valence-corrected chi connectivity index (χ4v) is 4.86. The molecule has 0 saturated carbocycles. The number of aromatic nitrogens is 1. The molecule has 1 aliphatic heterocycles. The van der Waals surface area contributed by atoms with Gasteiger partial charge in [0.1, 0.15) is 11.1 Å². The fourth-order valence-electron chi connectivity index (χ4n) is 3.19. The second kappa shape index (κ2) is 8.67. The minimum Gasteiger partial charge on any atom is -0.497 e. The third-order valence-electron chi connectivity index (χ3n) is 4.56. The summed E-state index contributed by atoms with van der Waals surface area (Å²) in [7, 11) is 1.62. The van der Waals surface area contributed by atoms with Crippen molar-refractivity contribution in [3.8, 4) is 5.75 Å². The maximum Gasteiger partial charge on any atom is 0.255 e. The number of nitrogens with zero attached hydrogens (tertiary/aromatic N) is 2. The van der Waals surface area contributed by atoms with Crippen LogP contribution in [0.5, 0.6) is 5.75 Å². The highest BCUT2D eigenvalue weighted by molar-refractivity contribution is 8.00. The minimum absolute atomic E-state index is 0.0192. The smallest absolute Gasteiger partial charge is 0.255 e. The SMILES string of the molecule is COc1ccc(CN2C(=O)c3ccccc3C2SCC(=O)Nc2nccs2)cc1. The first kappa shape index (κ1) is 19.5. The number of hydrogen-bond acceptors (Lipinski definition) is 6. The number of anilines is 1. The summed E-state index contributed by atoms with van der Waals surface area (Å²) in [6.45, 7) is 0.462. The molecule has 29 heavy (non-hydrogen) atoms. The second-order valence-corrected chi connectivity index (χ2v) is 8.38. The highest BCUT2D eigenvalue weighted by Gasteiger charge is 2.37. The number of methoxy groups -OCH3 is 1. The van der Waals surface area contributed by atoms with Crippen molar-refractivity contribution in [2.45, 2.75) is 11.9 Å². The maximum absolute atomic E-state index is 13.0.